The van der Waals surface area contributed by atoms with Gasteiger partial charge < -0.3 is 0 Å². The van der Waals surface area contributed by atoms with Gasteiger partial charge in [0.25, 0.3) is 5.69 Å². The van der Waals surface area contributed by atoms with Crippen LogP contribution in [-0.2, 0) is 6.42 Å². The lowest BCUT2D eigenvalue weighted by Gasteiger charge is -1.90. The molecule has 1 aromatic heterocycles. The van der Waals surface area contributed by atoms with E-state index < -0.39 is 9.85 Å². The van der Waals surface area contributed by atoms with Crippen LogP contribution >= 0.6 is 11.3 Å². The highest BCUT2D eigenvalue weighted by Gasteiger charge is 2.23. The first-order valence-corrected chi connectivity index (χ1v) is 4.79. The first-order valence-electron chi connectivity index (χ1n) is 3.97. The van der Waals surface area contributed by atoms with E-state index >= 15 is 0 Å². The largest absolute Gasteiger partial charge is 0.331 e. The Morgan fingerprint density at radius 2 is 2.00 bits per heavy atom. The molecule has 0 N–H and O–H groups in total. The lowest BCUT2D eigenvalue weighted by molar-refractivity contribution is -0.390. The van der Waals surface area contributed by atoms with Crippen LogP contribution in [-0.4, -0.2) is 9.85 Å². The smallest absolute Gasteiger partial charge is 0.258 e. The van der Waals surface area contributed by atoms with Crippen molar-refractivity contribution >= 4 is 22.0 Å². The summed E-state index contributed by atoms with van der Waals surface area (Å²) >= 11 is 0.880. The molecule has 0 unspecified atom stereocenters. The molecule has 0 saturated heterocycles. The molecule has 0 aliphatic heterocycles. The maximum absolute atomic E-state index is 10.5. The number of hydrogen-bond donors (Lipinski definition) is 0. The van der Waals surface area contributed by atoms with Gasteiger partial charge in [-0.3, -0.25) is 20.2 Å². The zero-order valence-electron chi connectivity index (χ0n) is 7.43. The van der Waals surface area contributed by atoms with Crippen LogP contribution in [0.4, 0.5) is 10.7 Å². The highest BCUT2D eigenvalue weighted by atomic mass is 32.1. The van der Waals surface area contributed by atoms with Crippen LogP contribution in [0.5, 0.6) is 0 Å². The molecule has 0 atom stereocenters. The predicted molar refractivity (Wildman–Crippen MR) is 51.6 cm³/mol. The van der Waals surface area contributed by atoms with Gasteiger partial charge in [-0.05, 0) is 6.42 Å². The molecular formula is C7H8N2O4S. The van der Waals surface area contributed by atoms with Crippen molar-refractivity contribution in [2.45, 2.75) is 19.8 Å². The van der Waals surface area contributed by atoms with Crippen molar-refractivity contribution in [3.8, 4) is 0 Å². The second-order valence-corrected chi connectivity index (χ2v) is 3.77. The van der Waals surface area contributed by atoms with Crippen LogP contribution in [0.15, 0.2) is 6.07 Å². The van der Waals surface area contributed by atoms with E-state index in [0.717, 1.165) is 23.8 Å². The minimum atomic E-state index is -0.600. The van der Waals surface area contributed by atoms with E-state index in [1.54, 1.807) is 0 Å². The number of nitro groups is 2. The Hall–Kier alpha value is -1.50. The average molecular weight is 216 g/mol. The van der Waals surface area contributed by atoms with Gasteiger partial charge in [0.1, 0.15) is 6.07 Å². The van der Waals surface area contributed by atoms with E-state index in [2.05, 4.69) is 0 Å². The van der Waals surface area contributed by atoms with Gasteiger partial charge in [0.15, 0.2) is 0 Å². The molecule has 1 aromatic rings. The van der Waals surface area contributed by atoms with Gasteiger partial charge in [0.2, 0.25) is 0 Å². The second kappa shape index (κ2) is 4.14. The van der Waals surface area contributed by atoms with Crippen LogP contribution in [0.3, 0.4) is 0 Å². The molecule has 0 fully saturated rings. The Morgan fingerprint density at radius 1 is 1.36 bits per heavy atom. The van der Waals surface area contributed by atoms with Crippen molar-refractivity contribution in [2.24, 2.45) is 0 Å². The molecule has 1 rings (SSSR count). The van der Waals surface area contributed by atoms with E-state index in [0.29, 0.717) is 11.3 Å². The third kappa shape index (κ3) is 2.05. The minimum Gasteiger partial charge on any atom is -0.258 e. The Labute approximate surface area is 83.5 Å². The molecule has 6 nitrogen and oxygen atoms in total. The van der Waals surface area contributed by atoms with E-state index in [-0.39, 0.29) is 10.7 Å². The maximum atomic E-state index is 10.5. The number of nitrogens with zero attached hydrogens (tertiary/aromatic N) is 2. The molecule has 0 aromatic carbocycles. The molecule has 0 amide bonds. The number of thiophene rings is 1. The molecule has 7 heteroatoms. The molecule has 14 heavy (non-hydrogen) atoms. The van der Waals surface area contributed by atoms with Crippen LogP contribution in [0.2, 0.25) is 0 Å². The Morgan fingerprint density at radius 3 is 2.43 bits per heavy atom. The molecule has 76 valence electrons. The van der Waals surface area contributed by atoms with Crippen molar-refractivity contribution in [3.63, 3.8) is 0 Å². The molecule has 1 heterocycles. The molecule has 0 aliphatic carbocycles. The van der Waals surface area contributed by atoms with Crippen molar-refractivity contribution in [2.75, 3.05) is 0 Å². The molecule has 0 spiro atoms. The SMILES string of the molecule is CCCc1sc([N+](=O)[O-])cc1[N+](=O)[O-]. The number of rotatable bonds is 4. The Bertz CT molecular complexity index is 374. The van der Waals surface area contributed by atoms with E-state index in [1.807, 2.05) is 6.92 Å². The zero-order chi connectivity index (χ0) is 10.7. The summed E-state index contributed by atoms with van der Waals surface area (Å²) in [5, 5.41) is 20.7. The molecule has 0 saturated carbocycles. The highest BCUT2D eigenvalue weighted by Crippen LogP contribution is 2.34. The van der Waals surface area contributed by atoms with Crippen molar-refractivity contribution in [3.05, 3.63) is 31.2 Å². The molecule has 0 radical (unpaired) electrons. The fraction of sp³-hybridized carbons (Fsp3) is 0.429. The Balaban J connectivity index is 3.12. The van der Waals surface area contributed by atoms with Gasteiger partial charge in [-0.25, -0.2) is 0 Å². The lowest BCUT2D eigenvalue weighted by Crippen LogP contribution is -1.89. The average Bonchev–Trinajstić information content (AvgIpc) is 2.49. The Kier molecular flexibility index (Phi) is 3.13. The molecule has 0 bridgehead atoms. The van der Waals surface area contributed by atoms with Crippen LogP contribution in [0, 0.1) is 20.2 Å². The summed E-state index contributed by atoms with van der Waals surface area (Å²) in [4.78, 5) is 20.2. The van der Waals surface area contributed by atoms with E-state index in [9.17, 15) is 20.2 Å². The van der Waals surface area contributed by atoms with Crippen LogP contribution in [0.1, 0.15) is 18.2 Å². The summed E-state index contributed by atoms with van der Waals surface area (Å²) in [5.41, 5.74) is -0.136. The van der Waals surface area contributed by atoms with Crippen LogP contribution < -0.4 is 0 Å². The summed E-state index contributed by atoms with van der Waals surface area (Å²) in [7, 11) is 0. The van der Waals surface area contributed by atoms with Crippen molar-refractivity contribution in [1.82, 2.24) is 0 Å². The van der Waals surface area contributed by atoms with E-state index in [4.69, 9.17) is 0 Å². The van der Waals surface area contributed by atoms with Gasteiger partial charge in [-0.2, -0.15) is 0 Å². The molecular weight excluding hydrogens is 208 g/mol. The van der Waals surface area contributed by atoms with Gasteiger partial charge in [-0.1, -0.05) is 24.7 Å². The van der Waals surface area contributed by atoms with Gasteiger partial charge >= 0.3 is 5.00 Å². The van der Waals surface area contributed by atoms with Gasteiger partial charge in [-0.15, -0.1) is 0 Å². The first kappa shape index (κ1) is 10.6. The third-order valence-corrected chi connectivity index (χ3v) is 2.76. The zero-order valence-corrected chi connectivity index (χ0v) is 8.24. The maximum Gasteiger partial charge on any atom is 0.331 e. The third-order valence-electron chi connectivity index (χ3n) is 1.63. The van der Waals surface area contributed by atoms with Crippen molar-refractivity contribution < 1.29 is 9.85 Å². The topological polar surface area (TPSA) is 86.3 Å². The standard InChI is InChI=1S/C7H8N2O4S/c1-2-3-6-5(8(10)11)4-7(14-6)9(12)13/h4H,2-3H2,1H3. The normalized spacial score (nSPS) is 10.1. The monoisotopic (exact) mass is 216 g/mol. The summed E-state index contributed by atoms with van der Waals surface area (Å²) in [5.74, 6) is 0. The first-order chi connectivity index (χ1) is 6.56. The fourth-order valence-corrected chi connectivity index (χ4v) is 2.10. The van der Waals surface area contributed by atoms with Gasteiger partial charge in [0, 0.05) is 0 Å². The highest BCUT2D eigenvalue weighted by molar-refractivity contribution is 7.15. The summed E-state index contributed by atoms with van der Waals surface area (Å²) in [6, 6.07) is 1.02. The molecule has 0 aliphatic rings. The summed E-state index contributed by atoms with van der Waals surface area (Å²) in [6.45, 7) is 1.87. The fourth-order valence-electron chi connectivity index (χ4n) is 1.06. The van der Waals surface area contributed by atoms with Gasteiger partial charge in [0.05, 0.1) is 14.7 Å². The second-order valence-electron chi connectivity index (χ2n) is 2.66. The predicted octanol–water partition coefficient (Wildman–Crippen LogP) is 2.52. The van der Waals surface area contributed by atoms with E-state index in [1.165, 1.54) is 0 Å². The van der Waals surface area contributed by atoms with Crippen molar-refractivity contribution in [1.29, 1.82) is 0 Å². The lowest BCUT2D eigenvalue weighted by atomic mass is 10.2. The quantitative estimate of drug-likeness (QED) is 0.571. The minimum absolute atomic E-state index is 0.136. The number of hydrogen-bond acceptors (Lipinski definition) is 5. The number of aryl methyl sites for hydroxylation is 1. The summed E-state index contributed by atoms with van der Waals surface area (Å²) in [6.07, 6.45) is 1.24. The summed E-state index contributed by atoms with van der Waals surface area (Å²) < 4.78 is 0. The van der Waals surface area contributed by atoms with Crippen LogP contribution in [0.25, 0.3) is 0 Å².